The number of halogens is 1. The van der Waals surface area contributed by atoms with E-state index < -0.39 is 0 Å². The normalized spacial score (nSPS) is 18.5. The van der Waals surface area contributed by atoms with E-state index in [1.54, 1.807) is 12.1 Å². The molecule has 93 valence electrons. The van der Waals surface area contributed by atoms with Gasteiger partial charge < -0.3 is 4.90 Å². The zero-order chi connectivity index (χ0) is 12.1. The minimum Gasteiger partial charge on any atom is -0.303 e. The van der Waals surface area contributed by atoms with Gasteiger partial charge in [-0.3, -0.25) is 0 Å². The second-order valence-corrected chi connectivity index (χ2v) is 4.97. The quantitative estimate of drug-likeness (QED) is 0.772. The van der Waals surface area contributed by atoms with Crippen LogP contribution in [0, 0.1) is 18.7 Å². The lowest BCUT2D eigenvalue weighted by Crippen LogP contribution is -2.34. The van der Waals surface area contributed by atoms with Crippen LogP contribution in [0.3, 0.4) is 0 Å². The number of piperidine rings is 1. The van der Waals surface area contributed by atoms with Gasteiger partial charge in [-0.2, -0.15) is 0 Å². The highest BCUT2D eigenvalue weighted by Crippen LogP contribution is 2.21. The van der Waals surface area contributed by atoms with Gasteiger partial charge in [0.1, 0.15) is 5.82 Å². The third-order valence-corrected chi connectivity index (χ3v) is 3.62. The fourth-order valence-electron chi connectivity index (χ4n) is 2.59. The number of hydrogen-bond acceptors (Lipinski definition) is 1. The Morgan fingerprint density at radius 3 is 2.41 bits per heavy atom. The fourth-order valence-corrected chi connectivity index (χ4v) is 2.59. The first-order valence-electron chi connectivity index (χ1n) is 6.54. The summed E-state index contributed by atoms with van der Waals surface area (Å²) < 4.78 is 12.8. The minimum absolute atomic E-state index is 0.140. The molecule has 0 N–H and O–H groups in total. The van der Waals surface area contributed by atoms with E-state index in [2.05, 4.69) is 11.8 Å². The van der Waals surface area contributed by atoms with E-state index in [1.165, 1.54) is 31.5 Å². The zero-order valence-corrected chi connectivity index (χ0v) is 10.4. The molecule has 0 spiro atoms. The zero-order valence-electron chi connectivity index (χ0n) is 10.4. The molecule has 2 heteroatoms. The number of rotatable bonds is 4. The summed E-state index contributed by atoms with van der Waals surface area (Å²) in [6.45, 7) is 7.42. The molecule has 1 radical (unpaired) electrons. The average Bonchev–Trinajstić information content (AvgIpc) is 2.35. The van der Waals surface area contributed by atoms with Crippen molar-refractivity contribution >= 4 is 0 Å². The van der Waals surface area contributed by atoms with E-state index in [1.807, 2.05) is 12.1 Å². The van der Waals surface area contributed by atoms with Gasteiger partial charge in [0.05, 0.1) is 0 Å². The van der Waals surface area contributed by atoms with Crippen LogP contribution in [-0.2, 0) is 6.42 Å². The van der Waals surface area contributed by atoms with Crippen molar-refractivity contribution in [3.63, 3.8) is 0 Å². The molecular weight excluding hydrogens is 213 g/mol. The second-order valence-electron chi connectivity index (χ2n) is 4.97. The minimum atomic E-state index is -0.140. The van der Waals surface area contributed by atoms with Crippen molar-refractivity contribution < 1.29 is 4.39 Å². The van der Waals surface area contributed by atoms with Crippen LogP contribution < -0.4 is 0 Å². The third kappa shape index (κ3) is 3.81. The van der Waals surface area contributed by atoms with Crippen LogP contribution in [0.15, 0.2) is 24.3 Å². The van der Waals surface area contributed by atoms with E-state index in [0.29, 0.717) is 0 Å². The highest BCUT2D eigenvalue weighted by Gasteiger charge is 2.18. The molecule has 1 aromatic carbocycles. The Hall–Kier alpha value is -0.890. The Labute approximate surface area is 104 Å². The number of likely N-dealkylation sites (tertiary alicyclic amines) is 1. The van der Waals surface area contributed by atoms with Crippen molar-refractivity contribution in [2.45, 2.75) is 25.7 Å². The van der Waals surface area contributed by atoms with Crippen LogP contribution in [0.2, 0.25) is 0 Å². The van der Waals surface area contributed by atoms with E-state index in [0.717, 1.165) is 25.3 Å². The molecule has 0 aromatic heterocycles. The summed E-state index contributed by atoms with van der Waals surface area (Å²) in [5.41, 5.74) is 1.27. The highest BCUT2D eigenvalue weighted by molar-refractivity contribution is 5.16. The molecule has 1 aliphatic rings. The molecule has 0 amide bonds. The van der Waals surface area contributed by atoms with Crippen molar-refractivity contribution in [3.8, 4) is 0 Å². The first kappa shape index (κ1) is 12.6. The molecule has 1 heterocycles. The van der Waals surface area contributed by atoms with Crippen molar-refractivity contribution in [1.82, 2.24) is 4.90 Å². The van der Waals surface area contributed by atoms with Crippen molar-refractivity contribution in [2.24, 2.45) is 5.92 Å². The van der Waals surface area contributed by atoms with E-state index >= 15 is 0 Å². The molecule has 1 saturated heterocycles. The summed E-state index contributed by atoms with van der Waals surface area (Å²) in [7, 11) is 0. The molecule has 1 aromatic rings. The maximum absolute atomic E-state index is 12.8. The lowest BCUT2D eigenvalue weighted by atomic mass is 9.90. The van der Waals surface area contributed by atoms with Crippen LogP contribution in [0.25, 0.3) is 0 Å². The molecule has 17 heavy (non-hydrogen) atoms. The van der Waals surface area contributed by atoms with Gasteiger partial charge in [0.15, 0.2) is 0 Å². The molecule has 0 unspecified atom stereocenters. The summed E-state index contributed by atoms with van der Waals surface area (Å²) in [5, 5.41) is 0. The molecule has 2 rings (SSSR count). The van der Waals surface area contributed by atoms with Crippen LogP contribution in [0.1, 0.15) is 24.8 Å². The molecular formula is C15H21FN. The molecule has 1 nitrogen and oxygen atoms in total. The molecule has 0 aliphatic carbocycles. The third-order valence-electron chi connectivity index (χ3n) is 3.62. The first-order chi connectivity index (χ1) is 8.28. The molecule has 1 aliphatic heterocycles. The Kier molecular flexibility index (Phi) is 4.55. The van der Waals surface area contributed by atoms with Crippen LogP contribution in [0.5, 0.6) is 0 Å². The lowest BCUT2D eigenvalue weighted by molar-refractivity contribution is 0.186. The smallest absolute Gasteiger partial charge is 0.123 e. The summed E-state index contributed by atoms with van der Waals surface area (Å²) >= 11 is 0. The van der Waals surface area contributed by atoms with Gasteiger partial charge in [-0.1, -0.05) is 19.1 Å². The second kappa shape index (κ2) is 6.15. The predicted molar refractivity (Wildman–Crippen MR) is 69.2 cm³/mol. The standard InChI is InChI=1S/C15H21FN/c1-2-9-17-10-7-14(8-11-17)12-13-3-5-15(16)6-4-13/h3-6,14H,1-2,7-12H2. The highest BCUT2D eigenvalue weighted by atomic mass is 19.1. The van der Waals surface area contributed by atoms with E-state index in [-0.39, 0.29) is 5.82 Å². The van der Waals surface area contributed by atoms with E-state index in [4.69, 9.17) is 0 Å². The Morgan fingerprint density at radius 2 is 1.82 bits per heavy atom. The maximum atomic E-state index is 12.8. The molecule has 0 bridgehead atoms. The number of nitrogens with zero attached hydrogens (tertiary/aromatic N) is 1. The van der Waals surface area contributed by atoms with Crippen LogP contribution >= 0.6 is 0 Å². The average molecular weight is 234 g/mol. The van der Waals surface area contributed by atoms with Crippen molar-refractivity contribution in [3.05, 3.63) is 42.6 Å². The number of benzene rings is 1. The molecule has 1 fully saturated rings. The molecule has 0 atom stereocenters. The summed E-state index contributed by atoms with van der Waals surface area (Å²) in [5.74, 6) is 0.626. The van der Waals surface area contributed by atoms with Gasteiger partial charge in [0, 0.05) is 0 Å². The lowest BCUT2D eigenvalue weighted by Gasteiger charge is -2.31. The van der Waals surface area contributed by atoms with E-state index in [9.17, 15) is 4.39 Å². The topological polar surface area (TPSA) is 3.24 Å². The Bertz CT molecular complexity index is 325. The Balaban J connectivity index is 1.79. The first-order valence-corrected chi connectivity index (χ1v) is 6.54. The van der Waals surface area contributed by atoms with Crippen LogP contribution in [0.4, 0.5) is 4.39 Å². The monoisotopic (exact) mass is 234 g/mol. The van der Waals surface area contributed by atoms with Crippen LogP contribution in [-0.4, -0.2) is 24.5 Å². The maximum Gasteiger partial charge on any atom is 0.123 e. The fraction of sp³-hybridized carbons (Fsp3) is 0.533. The summed E-state index contributed by atoms with van der Waals surface area (Å²) in [6, 6.07) is 6.95. The van der Waals surface area contributed by atoms with Gasteiger partial charge in [-0.05, 0) is 68.9 Å². The predicted octanol–water partition coefficient (Wildman–Crippen LogP) is 3.30. The Morgan fingerprint density at radius 1 is 1.18 bits per heavy atom. The van der Waals surface area contributed by atoms with Gasteiger partial charge in [-0.15, -0.1) is 0 Å². The van der Waals surface area contributed by atoms with Gasteiger partial charge >= 0.3 is 0 Å². The number of hydrogen-bond donors (Lipinski definition) is 0. The van der Waals surface area contributed by atoms with Crippen molar-refractivity contribution in [1.29, 1.82) is 0 Å². The SMILES string of the molecule is [CH2]CCN1CCC(Cc2ccc(F)cc2)CC1. The molecule has 0 saturated carbocycles. The van der Waals surface area contributed by atoms with Crippen molar-refractivity contribution in [2.75, 3.05) is 19.6 Å². The summed E-state index contributed by atoms with van der Waals surface area (Å²) in [4.78, 5) is 2.49. The summed E-state index contributed by atoms with van der Waals surface area (Å²) in [6.07, 6.45) is 4.62. The van der Waals surface area contributed by atoms with Gasteiger partial charge in [0.2, 0.25) is 0 Å². The largest absolute Gasteiger partial charge is 0.303 e. The van der Waals surface area contributed by atoms with Gasteiger partial charge in [-0.25, -0.2) is 4.39 Å². The van der Waals surface area contributed by atoms with Gasteiger partial charge in [0.25, 0.3) is 0 Å².